The summed E-state index contributed by atoms with van der Waals surface area (Å²) in [5.74, 6) is 2.03. The van der Waals surface area contributed by atoms with E-state index in [2.05, 4.69) is 4.90 Å². The molecule has 0 aliphatic carbocycles. The number of benzene rings is 3. The molecule has 0 bridgehead atoms. The van der Waals surface area contributed by atoms with Crippen molar-refractivity contribution in [3.05, 3.63) is 76.3 Å². The van der Waals surface area contributed by atoms with Crippen LogP contribution >= 0.6 is 0 Å². The van der Waals surface area contributed by atoms with Crippen LogP contribution in [0.15, 0.2) is 60.7 Å². The van der Waals surface area contributed by atoms with Gasteiger partial charge in [0.2, 0.25) is 0 Å². The van der Waals surface area contributed by atoms with E-state index in [-0.39, 0.29) is 11.6 Å². The van der Waals surface area contributed by atoms with Crippen LogP contribution in [-0.4, -0.2) is 59.4 Å². The summed E-state index contributed by atoms with van der Waals surface area (Å²) in [6.07, 6.45) is 0.637. The first kappa shape index (κ1) is 27.1. The molecule has 3 rings (SSSR count). The first-order valence-corrected chi connectivity index (χ1v) is 11.5. The minimum Gasteiger partial charge on any atom is -0.493 e. The second-order valence-corrected chi connectivity index (χ2v) is 8.11. The summed E-state index contributed by atoms with van der Waals surface area (Å²) in [4.78, 5) is 27.7. The van der Waals surface area contributed by atoms with Gasteiger partial charge in [0.15, 0.2) is 23.0 Å². The van der Waals surface area contributed by atoms with Crippen LogP contribution in [0.25, 0.3) is 0 Å². The Hall–Kier alpha value is -4.47. The van der Waals surface area contributed by atoms with E-state index >= 15 is 0 Å². The van der Waals surface area contributed by atoms with E-state index in [0.717, 1.165) is 5.69 Å². The van der Waals surface area contributed by atoms with Gasteiger partial charge in [-0.2, -0.15) is 0 Å². The van der Waals surface area contributed by atoms with Gasteiger partial charge in [-0.25, -0.2) is 0 Å². The molecular formula is C27H31N3O7. The SMILES string of the molecule is COc1ccc(N(C)CCCN(C(=O)c2ccc([N+](=O)[O-])cc2)c2ccc(OC)c(OC)c2)cc1OC. The molecule has 1 amide bonds. The molecule has 10 nitrogen and oxygen atoms in total. The average molecular weight is 510 g/mol. The summed E-state index contributed by atoms with van der Waals surface area (Å²) in [5.41, 5.74) is 1.83. The normalized spacial score (nSPS) is 10.4. The Labute approximate surface area is 216 Å². The quantitative estimate of drug-likeness (QED) is 0.253. The zero-order valence-electron chi connectivity index (χ0n) is 21.6. The largest absolute Gasteiger partial charge is 0.493 e. The van der Waals surface area contributed by atoms with Crippen LogP contribution in [0.5, 0.6) is 23.0 Å². The minimum atomic E-state index is -0.496. The number of methoxy groups -OCH3 is 4. The molecule has 0 spiro atoms. The second-order valence-electron chi connectivity index (χ2n) is 8.11. The van der Waals surface area contributed by atoms with Gasteiger partial charge >= 0.3 is 0 Å². The third kappa shape index (κ3) is 6.40. The molecular weight excluding hydrogens is 478 g/mol. The molecule has 0 aromatic heterocycles. The van der Waals surface area contributed by atoms with Crippen LogP contribution < -0.4 is 28.7 Å². The highest BCUT2D eigenvalue weighted by Gasteiger charge is 2.21. The van der Waals surface area contributed by atoms with Gasteiger partial charge < -0.3 is 28.7 Å². The summed E-state index contributed by atoms with van der Waals surface area (Å²) >= 11 is 0. The number of nitro benzene ring substituents is 1. The van der Waals surface area contributed by atoms with Crippen molar-refractivity contribution in [2.75, 3.05) is 58.4 Å². The molecule has 0 radical (unpaired) electrons. The number of carbonyl (C=O) groups is 1. The zero-order chi connectivity index (χ0) is 26.9. The lowest BCUT2D eigenvalue weighted by Gasteiger charge is -2.26. The fourth-order valence-corrected chi connectivity index (χ4v) is 3.88. The number of carbonyl (C=O) groups excluding carboxylic acids is 1. The molecule has 0 atom stereocenters. The Bertz CT molecular complexity index is 1230. The third-order valence-electron chi connectivity index (χ3n) is 5.93. The highest BCUT2D eigenvalue weighted by atomic mass is 16.6. The van der Waals surface area contributed by atoms with Crippen molar-refractivity contribution >= 4 is 23.0 Å². The fourth-order valence-electron chi connectivity index (χ4n) is 3.88. The van der Waals surface area contributed by atoms with E-state index in [4.69, 9.17) is 18.9 Å². The molecule has 3 aromatic carbocycles. The van der Waals surface area contributed by atoms with E-state index in [9.17, 15) is 14.9 Å². The lowest BCUT2D eigenvalue weighted by Crippen LogP contribution is -2.34. The molecule has 3 aromatic rings. The van der Waals surface area contributed by atoms with Gasteiger partial charge in [0.05, 0.1) is 33.4 Å². The summed E-state index contributed by atoms with van der Waals surface area (Å²) in [6.45, 7) is 1.04. The number of nitrogens with zero attached hydrogens (tertiary/aromatic N) is 3. The zero-order valence-corrected chi connectivity index (χ0v) is 21.6. The second kappa shape index (κ2) is 12.5. The van der Waals surface area contributed by atoms with Crippen LogP contribution in [0.3, 0.4) is 0 Å². The van der Waals surface area contributed by atoms with Crippen LogP contribution in [0, 0.1) is 10.1 Å². The summed E-state index contributed by atoms with van der Waals surface area (Å²) in [5, 5.41) is 11.0. The van der Waals surface area contributed by atoms with Gasteiger partial charge in [0.1, 0.15) is 0 Å². The van der Waals surface area contributed by atoms with Crippen LogP contribution in [0.1, 0.15) is 16.8 Å². The standard InChI is InChI=1S/C27H31N3O7/c1-28(21-11-13-23(34-2)25(17-21)36-4)15-6-16-29(22-12-14-24(35-3)26(18-22)37-5)27(31)19-7-9-20(10-8-19)30(32)33/h7-14,17-18H,6,15-16H2,1-5H3. The first-order chi connectivity index (χ1) is 17.8. The maximum absolute atomic E-state index is 13.5. The van der Waals surface area contributed by atoms with Crippen molar-refractivity contribution < 1.29 is 28.7 Å². The van der Waals surface area contributed by atoms with Crippen LogP contribution in [0.2, 0.25) is 0 Å². The highest BCUT2D eigenvalue weighted by molar-refractivity contribution is 6.06. The summed E-state index contributed by atoms with van der Waals surface area (Å²) < 4.78 is 21.5. The van der Waals surface area contributed by atoms with Crippen LogP contribution in [-0.2, 0) is 0 Å². The molecule has 0 saturated carbocycles. The van der Waals surface area contributed by atoms with Crippen molar-refractivity contribution in [2.45, 2.75) is 6.42 Å². The van der Waals surface area contributed by atoms with E-state index in [1.165, 1.54) is 31.4 Å². The maximum atomic E-state index is 13.5. The monoisotopic (exact) mass is 509 g/mol. The van der Waals surface area contributed by atoms with Gasteiger partial charge in [-0.15, -0.1) is 0 Å². The number of hydrogen-bond donors (Lipinski definition) is 0. The van der Waals surface area contributed by atoms with Gasteiger partial charge in [0.25, 0.3) is 11.6 Å². The molecule has 0 aliphatic rings. The van der Waals surface area contributed by atoms with E-state index in [1.54, 1.807) is 44.4 Å². The first-order valence-electron chi connectivity index (χ1n) is 11.5. The van der Waals surface area contributed by atoms with Crippen molar-refractivity contribution in [3.8, 4) is 23.0 Å². The van der Waals surface area contributed by atoms with Crippen molar-refractivity contribution in [1.82, 2.24) is 0 Å². The Morgan fingerprint density at radius 1 is 0.757 bits per heavy atom. The van der Waals surface area contributed by atoms with Gasteiger partial charge in [0, 0.05) is 61.3 Å². The van der Waals surface area contributed by atoms with Crippen LogP contribution in [0.4, 0.5) is 17.1 Å². The van der Waals surface area contributed by atoms with Gasteiger partial charge in [-0.3, -0.25) is 14.9 Å². The lowest BCUT2D eigenvalue weighted by molar-refractivity contribution is -0.384. The lowest BCUT2D eigenvalue weighted by atomic mass is 10.1. The molecule has 37 heavy (non-hydrogen) atoms. The predicted molar refractivity (Wildman–Crippen MR) is 142 cm³/mol. The fraction of sp³-hybridized carbons (Fsp3) is 0.296. The smallest absolute Gasteiger partial charge is 0.269 e. The molecule has 0 aliphatic heterocycles. The molecule has 196 valence electrons. The summed E-state index contributed by atoms with van der Waals surface area (Å²) in [7, 11) is 8.21. The Morgan fingerprint density at radius 3 is 1.78 bits per heavy atom. The van der Waals surface area contributed by atoms with Gasteiger partial charge in [-0.05, 0) is 42.8 Å². The predicted octanol–water partition coefficient (Wildman–Crippen LogP) is 4.80. The highest BCUT2D eigenvalue weighted by Crippen LogP contribution is 2.33. The Kier molecular flexibility index (Phi) is 9.15. The molecule has 0 fully saturated rings. The van der Waals surface area contributed by atoms with E-state index in [0.29, 0.717) is 53.8 Å². The average Bonchev–Trinajstić information content (AvgIpc) is 2.94. The Balaban J connectivity index is 1.83. The molecule has 0 saturated heterocycles. The molecule has 0 heterocycles. The molecule has 10 heteroatoms. The number of rotatable bonds is 12. The van der Waals surface area contributed by atoms with Crippen molar-refractivity contribution in [1.29, 1.82) is 0 Å². The molecule has 0 unspecified atom stereocenters. The number of anilines is 2. The third-order valence-corrected chi connectivity index (χ3v) is 5.93. The summed E-state index contributed by atoms with van der Waals surface area (Å²) in [6, 6.07) is 16.5. The van der Waals surface area contributed by atoms with Gasteiger partial charge in [-0.1, -0.05) is 0 Å². The van der Waals surface area contributed by atoms with Crippen molar-refractivity contribution in [3.63, 3.8) is 0 Å². The molecule has 0 N–H and O–H groups in total. The number of hydrogen-bond acceptors (Lipinski definition) is 8. The Morgan fingerprint density at radius 2 is 1.27 bits per heavy atom. The number of non-ortho nitro benzene ring substituents is 1. The van der Waals surface area contributed by atoms with E-state index in [1.807, 2.05) is 25.2 Å². The minimum absolute atomic E-state index is 0.0780. The number of ether oxygens (including phenoxy) is 4. The number of amides is 1. The van der Waals surface area contributed by atoms with E-state index < -0.39 is 4.92 Å². The topological polar surface area (TPSA) is 104 Å². The maximum Gasteiger partial charge on any atom is 0.269 e. The number of nitro groups is 1. The van der Waals surface area contributed by atoms with Crippen molar-refractivity contribution in [2.24, 2.45) is 0 Å².